The highest BCUT2D eigenvalue weighted by atomic mass is 16.2. The van der Waals surface area contributed by atoms with Crippen molar-refractivity contribution >= 4 is 0 Å². The molecule has 0 aromatic carbocycles. The third kappa shape index (κ3) is 14.6. The van der Waals surface area contributed by atoms with E-state index in [0.717, 1.165) is 12.8 Å². The Balaban J connectivity index is 3.44. The van der Waals surface area contributed by atoms with Gasteiger partial charge < -0.3 is 5.11 Å². The number of aliphatic hydroxyl groups is 1. The molecule has 0 atom stereocenters. The molecule has 98 valence electrons. The highest BCUT2D eigenvalue weighted by Gasteiger charge is 1.85. The molecule has 0 bridgehead atoms. The van der Waals surface area contributed by atoms with Crippen LogP contribution >= 0.6 is 0 Å². The lowest BCUT2D eigenvalue weighted by atomic mass is 10.1. The smallest absolute Gasteiger partial charge is 0.0621 e. The van der Waals surface area contributed by atoms with E-state index in [4.69, 9.17) is 5.11 Å². The van der Waals surface area contributed by atoms with E-state index in [2.05, 4.69) is 42.8 Å². The van der Waals surface area contributed by atoms with Crippen LogP contribution in [-0.4, -0.2) is 11.7 Å². The van der Waals surface area contributed by atoms with Crippen molar-refractivity contribution in [2.45, 2.75) is 51.9 Å². The standard InChI is InChI=1S/C17H24O/c1-2-3-4-5-6-7-8-9-10-11-12-13-14-15-16-17-18/h8-9,15-16,18H,2-7,10,17H2,1H3/b9-8+,16-15+. The number of allylic oxidation sites excluding steroid dienone is 3. The molecule has 0 radical (unpaired) electrons. The molecular weight excluding hydrogens is 220 g/mol. The van der Waals surface area contributed by atoms with E-state index >= 15 is 0 Å². The fraction of sp³-hybridized carbons (Fsp3) is 0.529. The second kappa shape index (κ2) is 15.6. The van der Waals surface area contributed by atoms with Crippen LogP contribution < -0.4 is 0 Å². The van der Waals surface area contributed by atoms with Crippen molar-refractivity contribution in [3.63, 3.8) is 0 Å². The maximum Gasteiger partial charge on any atom is 0.0621 e. The van der Waals surface area contributed by atoms with Crippen LogP contribution in [0.1, 0.15) is 51.9 Å². The van der Waals surface area contributed by atoms with Crippen molar-refractivity contribution in [2.75, 3.05) is 6.61 Å². The van der Waals surface area contributed by atoms with E-state index in [-0.39, 0.29) is 6.61 Å². The SMILES string of the molecule is CCCCCCC/C=C/CC#CC#C/C=C/CO. The monoisotopic (exact) mass is 244 g/mol. The van der Waals surface area contributed by atoms with Gasteiger partial charge in [-0.25, -0.2) is 0 Å². The molecule has 0 heterocycles. The summed E-state index contributed by atoms with van der Waals surface area (Å²) in [6.45, 7) is 2.27. The largest absolute Gasteiger partial charge is 0.392 e. The van der Waals surface area contributed by atoms with Gasteiger partial charge in [0.1, 0.15) is 0 Å². The van der Waals surface area contributed by atoms with Crippen molar-refractivity contribution in [3.8, 4) is 23.7 Å². The van der Waals surface area contributed by atoms with Crippen molar-refractivity contribution in [2.24, 2.45) is 0 Å². The second-order valence-electron chi connectivity index (χ2n) is 4.03. The van der Waals surface area contributed by atoms with E-state index in [1.165, 1.54) is 32.1 Å². The van der Waals surface area contributed by atoms with E-state index in [1.54, 1.807) is 12.2 Å². The molecule has 1 nitrogen and oxygen atoms in total. The van der Waals surface area contributed by atoms with Gasteiger partial charge in [0.05, 0.1) is 6.61 Å². The molecular formula is C17H24O. The maximum absolute atomic E-state index is 8.46. The normalized spacial score (nSPS) is 10.1. The van der Waals surface area contributed by atoms with Gasteiger partial charge in [0.25, 0.3) is 0 Å². The molecule has 0 aliphatic carbocycles. The summed E-state index contributed by atoms with van der Waals surface area (Å²) < 4.78 is 0. The lowest BCUT2D eigenvalue weighted by Gasteiger charge is -1.95. The molecule has 0 aromatic rings. The highest BCUT2D eigenvalue weighted by molar-refractivity contribution is 5.31. The molecule has 0 aromatic heterocycles. The summed E-state index contributed by atoms with van der Waals surface area (Å²) in [6, 6.07) is 0. The Morgan fingerprint density at radius 3 is 2.56 bits per heavy atom. The van der Waals surface area contributed by atoms with Crippen LogP contribution in [0, 0.1) is 23.7 Å². The fourth-order valence-electron chi connectivity index (χ4n) is 1.41. The molecule has 1 N–H and O–H groups in total. The first-order valence-electron chi connectivity index (χ1n) is 6.81. The average molecular weight is 244 g/mol. The lowest BCUT2D eigenvalue weighted by Crippen LogP contribution is -1.75. The molecule has 0 aliphatic heterocycles. The summed E-state index contributed by atoms with van der Waals surface area (Å²) in [5, 5.41) is 8.46. The molecule has 0 unspecified atom stereocenters. The summed E-state index contributed by atoms with van der Waals surface area (Å²) in [5.41, 5.74) is 0. The third-order valence-electron chi connectivity index (χ3n) is 2.39. The predicted octanol–water partition coefficient (Wildman–Crippen LogP) is 3.85. The van der Waals surface area contributed by atoms with Crippen LogP contribution in [0.15, 0.2) is 24.3 Å². The van der Waals surface area contributed by atoms with Crippen LogP contribution in [0.4, 0.5) is 0 Å². The number of rotatable bonds is 8. The van der Waals surface area contributed by atoms with Gasteiger partial charge in [-0.1, -0.05) is 62.7 Å². The van der Waals surface area contributed by atoms with E-state index < -0.39 is 0 Å². The Bertz CT molecular complexity index is 341. The van der Waals surface area contributed by atoms with E-state index in [1.807, 2.05) is 0 Å². The Morgan fingerprint density at radius 2 is 1.78 bits per heavy atom. The Hall–Kier alpha value is -1.44. The van der Waals surface area contributed by atoms with Gasteiger partial charge in [0.2, 0.25) is 0 Å². The molecule has 0 aliphatic rings. The average Bonchev–Trinajstić information content (AvgIpc) is 2.39. The third-order valence-corrected chi connectivity index (χ3v) is 2.39. The molecule has 0 spiro atoms. The van der Waals surface area contributed by atoms with Crippen LogP contribution in [0.5, 0.6) is 0 Å². The zero-order chi connectivity index (χ0) is 13.3. The Labute approximate surface area is 112 Å². The van der Waals surface area contributed by atoms with Gasteiger partial charge in [-0.2, -0.15) is 0 Å². The maximum atomic E-state index is 8.46. The van der Waals surface area contributed by atoms with Crippen molar-refractivity contribution < 1.29 is 5.11 Å². The first-order chi connectivity index (χ1) is 8.91. The lowest BCUT2D eigenvalue weighted by molar-refractivity contribution is 0.343. The van der Waals surface area contributed by atoms with Gasteiger partial charge in [-0.3, -0.25) is 0 Å². The van der Waals surface area contributed by atoms with Gasteiger partial charge in [-0.05, 0) is 30.8 Å². The van der Waals surface area contributed by atoms with Crippen LogP contribution in [0.3, 0.4) is 0 Å². The van der Waals surface area contributed by atoms with Gasteiger partial charge in [0.15, 0.2) is 0 Å². The van der Waals surface area contributed by atoms with Crippen LogP contribution in [-0.2, 0) is 0 Å². The number of hydrogen-bond donors (Lipinski definition) is 1. The van der Waals surface area contributed by atoms with E-state index in [0.29, 0.717) is 0 Å². The number of unbranched alkanes of at least 4 members (excludes halogenated alkanes) is 5. The van der Waals surface area contributed by atoms with Gasteiger partial charge >= 0.3 is 0 Å². The molecule has 18 heavy (non-hydrogen) atoms. The second-order valence-corrected chi connectivity index (χ2v) is 4.03. The number of aliphatic hydroxyl groups excluding tert-OH is 1. The minimum absolute atomic E-state index is 0.0309. The summed E-state index contributed by atoms with van der Waals surface area (Å²) >= 11 is 0. The summed E-state index contributed by atoms with van der Waals surface area (Å²) in [7, 11) is 0. The Morgan fingerprint density at radius 1 is 0.944 bits per heavy atom. The zero-order valence-corrected chi connectivity index (χ0v) is 11.4. The van der Waals surface area contributed by atoms with Crippen LogP contribution in [0.25, 0.3) is 0 Å². The minimum atomic E-state index is 0.0309. The summed E-state index contributed by atoms with van der Waals surface area (Å²) in [6.07, 6.45) is 16.1. The molecule has 0 rings (SSSR count). The zero-order valence-electron chi connectivity index (χ0n) is 11.4. The Kier molecular flexibility index (Phi) is 14.3. The first kappa shape index (κ1) is 16.6. The summed E-state index contributed by atoms with van der Waals surface area (Å²) in [4.78, 5) is 0. The highest BCUT2D eigenvalue weighted by Crippen LogP contribution is 2.05. The van der Waals surface area contributed by atoms with Gasteiger partial charge in [0, 0.05) is 6.42 Å². The molecule has 0 amide bonds. The van der Waals surface area contributed by atoms with Crippen molar-refractivity contribution in [3.05, 3.63) is 24.3 Å². The minimum Gasteiger partial charge on any atom is -0.392 e. The summed E-state index contributed by atoms with van der Waals surface area (Å²) in [5.74, 6) is 11.2. The topological polar surface area (TPSA) is 20.2 Å². The van der Waals surface area contributed by atoms with Crippen LogP contribution in [0.2, 0.25) is 0 Å². The molecule has 0 saturated carbocycles. The number of hydrogen-bond acceptors (Lipinski definition) is 1. The quantitative estimate of drug-likeness (QED) is 0.390. The molecule has 0 saturated heterocycles. The van der Waals surface area contributed by atoms with Gasteiger partial charge in [-0.15, -0.1) is 0 Å². The molecule has 1 heteroatoms. The first-order valence-corrected chi connectivity index (χ1v) is 6.81. The van der Waals surface area contributed by atoms with Crippen molar-refractivity contribution in [1.82, 2.24) is 0 Å². The van der Waals surface area contributed by atoms with E-state index in [9.17, 15) is 0 Å². The molecule has 0 fully saturated rings. The predicted molar refractivity (Wildman–Crippen MR) is 78.9 cm³/mol. The fourth-order valence-corrected chi connectivity index (χ4v) is 1.41. The van der Waals surface area contributed by atoms with Crippen molar-refractivity contribution in [1.29, 1.82) is 0 Å².